The number of benzene rings is 1. The average molecular weight is 348 g/mol. The third-order valence-corrected chi connectivity index (χ3v) is 6.85. The molecule has 0 saturated carbocycles. The van der Waals surface area contributed by atoms with Gasteiger partial charge in [0.25, 0.3) is 0 Å². The van der Waals surface area contributed by atoms with Gasteiger partial charge in [0.15, 0.2) is 0 Å². The normalized spacial score (nSPS) is 19.0. The van der Waals surface area contributed by atoms with Crippen LogP contribution in [-0.2, 0) is 23.5 Å². The van der Waals surface area contributed by atoms with Crippen molar-refractivity contribution in [3.63, 3.8) is 0 Å². The van der Waals surface area contributed by atoms with Crippen molar-refractivity contribution in [2.45, 2.75) is 50.5 Å². The zero-order valence-electron chi connectivity index (χ0n) is 14.4. The molecule has 1 saturated heterocycles. The number of hydrogen-bond donors (Lipinski definition) is 0. The summed E-state index contributed by atoms with van der Waals surface area (Å²) < 4.78 is 29.9. The van der Waals surface area contributed by atoms with E-state index in [1.165, 1.54) is 0 Å². The minimum absolute atomic E-state index is 0.0339. The monoisotopic (exact) mass is 348 g/mol. The van der Waals surface area contributed by atoms with Crippen LogP contribution in [0.5, 0.6) is 0 Å². The van der Waals surface area contributed by atoms with Gasteiger partial charge < -0.3 is 4.57 Å². The lowest BCUT2D eigenvalue weighted by Crippen LogP contribution is -2.36. The Bertz CT molecular complexity index is 829. The first kappa shape index (κ1) is 17.1. The summed E-state index contributed by atoms with van der Waals surface area (Å²) in [6.07, 6.45) is 5.00. The van der Waals surface area contributed by atoms with E-state index in [0.717, 1.165) is 42.6 Å². The topological polar surface area (TPSA) is 68.1 Å². The molecule has 0 radical (unpaired) electrons. The molecule has 130 valence electrons. The van der Waals surface area contributed by atoms with Crippen molar-refractivity contribution < 1.29 is 8.42 Å². The summed E-state index contributed by atoms with van der Waals surface area (Å²) >= 11 is 0. The molecule has 0 amide bonds. The largest absolute Gasteiger partial charge is 0.321 e. The highest BCUT2D eigenvalue weighted by Gasteiger charge is 2.35. The molecule has 2 heterocycles. The summed E-state index contributed by atoms with van der Waals surface area (Å²) in [5, 5.41) is 7.98. The molecule has 1 aromatic heterocycles. The highest BCUT2D eigenvalue weighted by atomic mass is 32.2. The summed E-state index contributed by atoms with van der Waals surface area (Å²) in [6, 6.07) is 5.64. The van der Waals surface area contributed by atoms with E-state index in [2.05, 4.69) is 10.2 Å². The highest BCUT2D eigenvalue weighted by molar-refractivity contribution is 7.89. The fourth-order valence-corrected chi connectivity index (χ4v) is 5.39. The van der Waals surface area contributed by atoms with Crippen molar-refractivity contribution in [1.29, 1.82) is 0 Å². The van der Waals surface area contributed by atoms with Crippen LogP contribution in [0.2, 0.25) is 0 Å². The van der Waals surface area contributed by atoms with Crippen LogP contribution in [0.4, 0.5) is 0 Å². The van der Waals surface area contributed by atoms with E-state index in [4.69, 9.17) is 0 Å². The van der Waals surface area contributed by atoms with Gasteiger partial charge >= 0.3 is 0 Å². The van der Waals surface area contributed by atoms with Gasteiger partial charge in [0.1, 0.15) is 12.2 Å². The van der Waals surface area contributed by atoms with Crippen LogP contribution in [0.25, 0.3) is 0 Å². The Hall–Kier alpha value is -1.73. The number of rotatable bonds is 5. The van der Waals surface area contributed by atoms with E-state index in [1.54, 1.807) is 16.7 Å². The van der Waals surface area contributed by atoms with Crippen LogP contribution in [0.15, 0.2) is 29.4 Å². The molecule has 6 nitrogen and oxygen atoms in total. The first-order valence-corrected chi connectivity index (χ1v) is 9.75. The van der Waals surface area contributed by atoms with Gasteiger partial charge in [-0.05, 0) is 50.3 Å². The molecule has 0 N–H and O–H groups in total. The van der Waals surface area contributed by atoms with Gasteiger partial charge in [0.05, 0.1) is 4.90 Å². The number of hydrogen-bond acceptors (Lipinski definition) is 4. The summed E-state index contributed by atoms with van der Waals surface area (Å²) in [7, 11) is -1.54. The number of sulfonamides is 1. The lowest BCUT2D eigenvalue weighted by molar-refractivity contribution is 0.367. The van der Waals surface area contributed by atoms with Crippen LogP contribution in [0, 0.1) is 13.8 Å². The highest BCUT2D eigenvalue weighted by Crippen LogP contribution is 2.30. The molecular weight excluding hydrogens is 324 g/mol. The lowest BCUT2D eigenvalue weighted by Gasteiger charge is -2.25. The minimum atomic E-state index is -3.45. The van der Waals surface area contributed by atoms with Crippen LogP contribution in [-0.4, -0.2) is 40.1 Å². The maximum Gasteiger partial charge on any atom is 0.243 e. The fourth-order valence-electron chi connectivity index (χ4n) is 3.35. The van der Waals surface area contributed by atoms with Gasteiger partial charge in [-0.2, -0.15) is 4.31 Å². The van der Waals surface area contributed by atoms with Crippen molar-refractivity contribution in [2.24, 2.45) is 7.05 Å². The summed E-state index contributed by atoms with van der Waals surface area (Å²) in [5.74, 6) is 0.894. The maximum atomic E-state index is 13.1. The second-order valence-corrected chi connectivity index (χ2v) is 8.44. The van der Waals surface area contributed by atoms with E-state index in [0.29, 0.717) is 11.4 Å². The molecule has 1 aliphatic rings. The number of aryl methyl sites for hydroxylation is 4. The molecule has 2 aromatic rings. The standard InChI is InChI=1S/C17H24N4O2S/c1-13-6-7-14(2)16(11-13)24(22,23)21-10-4-5-15(21)8-9-17-19-18-12-20(17)3/h6-7,11-12,15H,4-5,8-10H2,1-3H3. The molecular formula is C17H24N4O2S. The molecule has 1 unspecified atom stereocenters. The van der Waals surface area contributed by atoms with E-state index < -0.39 is 10.0 Å². The molecule has 1 aliphatic heterocycles. The summed E-state index contributed by atoms with van der Waals surface area (Å²) in [6.45, 7) is 4.38. The number of aromatic nitrogens is 3. The van der Waals surface area contributed by atoms with Gasteiger partial charge in [0.2, 0.25) is 10.0 Å². The Morgan fingerprint density at radius 3 is 2.79 bits per heavy atom. The second kappa shape index (κ2) is 6.64. The molecule has 0 spiro atoms. The van der Waals surface area contributed by atoms with Crippen molar-refractivity contribution in [1.82, 2.24) is 19.1 Å². The molecule has 1 atom stereocenters. The molecule has 7 heteroatoms. The SMILES string of the molecule is Cc1ccc(C)c(S(=O)(=O)N2CCCC2CCc2nncn2C)c1. The molecule has 0 aliphatic carbocycles. The van der Waals surface area contributed by atoms with Gasteiger partial charge in [-0.3, -0.25) is 0 Å². The van der Waals surface area contributed by atoms with Crippen molar-refractivity contribution >= 4 is 10.0 Å². The quantitative estimate of drug-likeness (QED) is 0.831. The van der Waals surface area contributed by atoms with Crippen molar-refractivity contribution in [2.75, 3.05) is 6.54 Å². The summed E-state index contributed by atoms with van der Waals surface area (Å²) in [5.41, 5.74) is 1.77. The Balaban J connectivity index is 1.81. The van der Waals surface area contributed by atoms with E-state index in [-0.39, 0.29) is 6.04 Å². The van der Waals surface area contributed by atoms with Crippen LogP contribution < -0.4 is 0 Å². The van der Waals surface area contributed by atoms with E-state index >= 15 is 0 Å². The van der Waals surface area contributed by atoms with E-state index in [9.17, 15) is 8.42 Å². The first-order valence-electron chi connectivity index (χ1n) is 8.31. The fraction of sp³-hybridized carbons (Fsp3) is 0.529. The molecule has 3 rings (SSSR count). The van der Waals surface area contributed by atoms with Crippen LogP contribution in [0.1, 0.15) is 36.2 Å². The molecule has 0 bridgehead atoms. The Morgan fingerprint density at radius 1 is 1.29 bits per heavy atom. The molecule has 1 aromatic carbocycles. The van der Waals surface area contributed by atoms with Crippen LogP contribution in [0.3, 0.4) is 0 Å². The van der Waals surface area contributed by atoms with Gasteiger partial charge in [-0.1, -0.05) is 12.1 Å². The van der Waals surface area contributed by atoms with E-state index in [1.807, 2.05) is 37.6 Å². The third kappa shape index (κ3) is 3.23. The Morgan fingerprint density at radius 2 is 2.08 bits per heavy atom. The molecule has 24 heavy (non-hydrogen) atoms. The Kier molecular flexibility index (Phi) is 4.73. The van der Waals surface area contributed by atoms with Crippen molar-refractivity contribution in [3.05, 3.63) is 41.5 Å². The zero-order valence-corrected chi connectivity index (χ0v) is 15.3. The third-order valence-electron chi connectivity index (χ3n) is 4.76. The van der Waals surface area contributed by atoms with Gasteiger partial charge in [-0.15, -0.1) is 10.2 Å². The zero-order chi connectivity index (χ0) is 17.3. The van der Waals surface area contributed by atoms with Crippen LogP contribution >= 0.6 is 0 Å². The Labute approximate surface area is 143 Å². The average Bonchev–Trinajstić information content (AvgIpc) is 3.16. The van der Waals surface area contributed by atoms with Crippen molar-refractivity contribution in [3.8, 4) is 0 Å². The summed E-state index contributed by atoms with van der Waals surface area (Å²) in [4.78, 5) is 0.438. The number of nitrogens with zero attached hydrogens (tertiary/aromatic N) is 4. The minimum Gasteiger partial charge on any atom is -0.321 e. The maximum absolute atomic E-state index is 13.1. The van der Waals surface area contributed by atoms with Gasteiger partial charge in [0, 0.05) is 26.1 Å². The van der Waals surface area contributed by atoms with Gasteiger partial charge in [-0.25, -0.2) is 8.42 Å². The first-order chi connectivity index (χ1) is 11.4. The predicted octanol–water partition coefficient (Wildman–Crippen LogP) is 2.22. The second-order valence-electron chi connectivity index (χ2n) is 6.58. The molecule has 1 fully saturated rings. The predicted molar refractivity (Wildman–Crippen MR) is 92.2 cm³/mol. The smallest absolute Gasteiger partial charge is 0.243 e. The lowest BCUT2D eigenvalue weighted by atomic mass is 10.1.